The van der Waals surface area contributed by atoms with E-state index >= 15 is 0 Å². The van der Waals surface area contributed by atoms with Gasteiger partial charge in [0.05, 0.1) is 0 Å². The van der Waals surface area contributed by atoms with E-state index < -0.39 is 0 Å². The second-order valence-electron chi connectivity index (χ2n) is 5.10. The van der Waals surface area contributed by atoms with Crippen molar-refractivity contribution in [1.29, 1.82) is 0 Å². The van der Waals surface area contributed by atoms with E-state index in [0.717, 1.165) is 12.0 Å². The van der Waals surface area contributed by atoms with Crippen LogP contribution in [0.1, 0.15) is 74.1 Å². The molecule has 2 unspecified atom stereocenters. The summed E-state index contributed by atoms with van der Waals surface area (Å²) >= 11 is 0. The summed E-state index contributed by atoms with van der Waals surface area (Å²) < 4.78 is 0. The molecule has 100 valence electrons. The summed E-state index contributed by atoms with van der Waals surface area (Å²) in [5.41, 5.74) is 0. The molecule has 0 aromatic heterocycles. The zero-order valence-corrected chi connectivity index (χ0v) is 12.8. The Balaban J connectivity index is 0. The smallest absolute Gasteiger partial charge is 0.00700 e. The second kappa shape index (κ2) is 13.0. The first-order valence-electron chi connectivity index (χ1n) is 7.31. The van der Waals surface area contributed by atoms with E-state index in [1.807, 2.05) is 0 Å². The van der Waals surface area contributed by atoms with Crippen LogP contribution in [0.15, 0.2) is 0 Å². The van der Waals surface area contributed by atoms with Gasteiger partial charge in [0.25, 0.3) is 0 Å². The summed E-state index contributed by atoms with van der Waals surface area (Å²) in [5.74, 6) is 0.932. The van der Waals surface area contributed by atoms with Crippen molar-refractivity contribution in [3.63, 3.8) is 0 Å². The summed E-state index contributed by atoms with van der Waals surface area (Å²) in [6, 6.07) is 0.843. The van der Waals surface area contributed by atoms with Crippen LogP contribution in [-0.2, 0) is 0 Å². The number of rotatable bonds is 2. The molecule has 1 nitrogen and oxygen atoms in total. The first-order valence-corrected chi connectivity index (χ1v) is 7.31. The molecule has 0 aromatic rings. The minimum atomic E-state index is 0.843. The fraction of sp³-hybridized carbons (Fsp3) is 1.00. The number of hydrogen-bond donors (Lipinski definition) is 0. The molecule has 16 heavy (non-hydrogen) atoms. The van der Waals surface area contributed by atoms with Gasteiger partial charge in [0.1, 0.15) is 0 Å². The first-order chi connectivity index (χ1) is 7.56. The van der Waals surface area contributed by atoms with Gasteiger partial charge in [-0.2, -0.15) is 0 Å². The highest BCUT2D eigenvalue weighted by molar-refractivity contribution is 4.79. The normalized spacial score (nSPS) is 24.2. The predicted octanol–water partition coefficient (Wildman–Crippen LogP) is 4.96. The van der Waals surface area contributed by atoms with E-state index in [0.29, 0.717) is 0 Å². The van der Waals surface area contributed by atoms with Crippen LogP contribution < -0.4 is 0 Å². The van der Waals surface area contributed by atoms with Crippen LogP contribution in [0, 0.1) is 5.92 Å². The van der Waals surface area contributed by atoms with Crippen LogP contribution in [0.4, 0.5) is 0 Å². The zero-order chi connectivity index (χ0) is 13.0. The van der Waals surface area contributed by atoms with E-state index in [-0.39, 0.29) is 0 Å². The Kier molecular flexibility index (Phi) is 14.9. The lowest BCUT2D eigenvalue weighted by Crippen LogP contribution is -2.27. The number of nitrogens with zero attached hydrogens (tertiary/aromatic N) is 1. The molecule has 0 spiro atoms. The van der Waals surface area contributed by atoms with Crippen molar-refractivity contribution >= 4 is 0 Å². The van der Waals surface area contributed by atoms with Crippen molar-refractivity contribution in [3.05, 3.63) is 0 Å². The Bertz CT molecular complexity index is 121. The molecular formula is C15H35N. The Morgan fingerprint density at radius 1 is 0.938 bits per heavy atom. The van der Waals surface area contributed by atoms with Gasteiger partial charge < -0.3 is 4.90 Å². The number of hydrogen-bond acceptors (Lipinski definition) is 1. The standard InChI is InChI=1S/C9H19N.2C3H8/c1-4-5-10-7-8(2)6-9(10)3;2*1-3-2/h8-9H,4-7H2,1-3H3;2*3H2,1-2H3. The summed E-state index contributed by atoms with van der Waals surface area (Å²) in [7, 11) is 0. The molecule has 1 heterocycles. The lowest BCUT2D eigenvalue weighted by Gasteiger charge is -2.19. The van der Waals surface area contributed by atoms with E-state index in [2.05, 4.69) is 53.4 Å². The molecule has 0 saturated carbocycles. The molecule has 1 aliphatic heterocycles. The van der Waals surface area contributed by atoms with Gasteiger partial charge in [0.15, 0.2) is 0 Å². The second-order valence-corrected chi connectivity index (χ2v) is 5.10. The highest BCUT2D eigenvalue weighted by Crippen LogP contribution is 2.21. The Hall–Kier alpha value is -0.0400. The third-order valence-electron chi connectivity index (χ3n) is 2.42. The molecule has 0 aliphatic carbocycles. The maximum absolute atomic E-state index is 2.60. The SMILES string of the molecule is CCC.CCC.CCCN1CC(C)CC1C. The van der Waals surface area contributed by atoms with Crippen LogP contribution in [0.25, 0.3) is 0 Å². The van der Waals surface area contributed by atoms with Crippen molar-refractivity contribution in [2.75, 3.05) is 13.1 Å². The topological polar surface area (TPSA) is 3.24 Å². The molecule has 0 bridgehead atoms. The average molecular weight is 229 g/mol. The summed E-state index contributed by atoms with van der Waals surface area (Å²) in [5, 5.41) is 0. The summed E-state index contributed by atoms with van der Waals surface area (Å²) in [4.78, 5) is 2.60. The lowest BCUT2D eigenvalue weighted by molar-refractivity contribution is 0.266. The quantitative estimate of drug-likeness (QED) is 0.647. The van der Waals surface area contributed by atoms with Crippen molar-refractivity contribution in [2.45, 2.75) is 80.2 Å². The highest BCUT2D eigenvalue weighted by atomic mass is 15.2. The molecule has 1 saturated heterocycles. The zero-order valence-electron chi connectivity index (χ0n) is 12.8. The Morgan fingerprint density at radius 3 is 1.62 bits per heavy atom. The Morgan fingerprint density at radius 2 is 1.38 bits per heavy atom. The van der Waals surface area contributed by atoms with Crippen LogP contribution in [-0.4, -0.2) is 24.0 Å². The van der Waals surface area contributed by atoms with E-state index in [1.54, 1.807) is 0 Å². The van der Waals surface area contributed by atoms with Crippen molar-refractivity contribution in [1.82, 2.24) is 4.90 Å². The average Bonchev–Trinajstić information content (AvgIpc) is 2.48. The fourth-order valence-electron chi connectivity index (χ4n) is 1.99. The summed E-state index contributed by atoms with van der Waals surface area (Å²) in [6.07, 6.45) is 5.21. The predicted molar refractivity (Wildman–Crippen MR) is 77.0 cm³/mol. The maximum atomic E-state index is 2.60. The van der Waals surface area contributed by atoms with E-state index in [4.69, 9.17) is 0 Å². The van der Waals surface area contributed by atoms with Gasteiger partial charge in [-0.1, -0.05) is 54.4 Å². The first kappa shape index (κ1) is 18.3. The van der Waals surface area contributed by atoms with Gasteiger partial charge in [0, 0.05) is 12.6 Å². The molecule has 0 radical (unpaired) electrons. The molecule has 0 amide bonds. The molecular weight excluding hydrogens is 194 g/mol. The molecule has 2 atom stereocenters. The molecule has 1 aliphatic rings. The minimum Gasteiger partial charge on any atom is -0.300 e. The van der Waals surface area contributed by atoms with Gasteiger partial charge in [-0.25, -0.2) is 0 Å². The third kappa shape index (κ3) is 10.5. The minimum absolute atomic E-state index is 0.843. The monoisotopic (exact) mass is 229 g/mol. The molecule has 0 aromatic carbocycles. The Labute approximate surface area is 105 Å². The van der Waals surface area contributed by atoms with E-state index in [9.17, 15) is 0 Å². The molecule has 0 N–H and O–H groups in total. The lowest BCUT2D eigenvalue weighted by atomic mass is 10.1. The van der Waals surface area contributed by atoms with Gasteiger partial charge in [0.2, 0.25) is 0 Å². The van der Waals surface area contributed by atoms with Gasteiger partial charge in [-0.15, -0.1) is 0 Å². The van der Waals surface area contributed by atoms with Crippen LogP contribution in [0.3, 0.4) is 0 Å². The third-order valence-corrected chi connectivity index (χ3v) is 2.42. The molecule has 1 rings (SSSR count). The highest BCUT2D eigenvalue weighted by Gasteiger charge is 2.24. The summed E-state index contributed by atoms with van der Waals surface area (Å²) in [6.45, 7) is 18.1. The van der Waals surface area contributed by atoms with Gasteiger partial charge in [-0.05, 0) is 32.2 Å². The van der Waals surface area contributed by atoms with Crippen molar-refractivity contribution in [2.24, 2.45) is 5.92 Å². The number of likely N-dealkylation sites (tertiary alicyclic amines) is 1. The van der Waals surface area contributed by atoms with Crippen LogP contribution >= 0.6 is 0 Å². The van der Waals surface area contributed by atoms with Crippen LogP contribution in [0.2, 0.25) is 0 Å². The van der Waals surface area contributed by atoms with Gasteiger partial charge in [-0.3, -0.25) is 0 Å². The van der Waals surface area contributed by atoms with E-state index in [1.165, 1.54) is 38.8 Å². The maximum Gasteiger partial charge on any atom is 0.00700 e. The molecule has 1 heteroatoms. The van der Waals surface area contributed by atoms with Crippen molar-refractivity contribution < 1.29 is 0 Å². The fourth-order valence-corrected chi connectivity index (χ4v) is 1.99. The van der Waals surface area contributed by atoms with Gasteiger partial charge >= 0.3 is 0 Å². The molecule has 1 fully saturated rings. The largest absolute Gasteiger partial charge is 0.300 e. The van der Waals surface area contributed by atoms with Crippen molar-refractivity contribution in [3.8, 4) is 0 Å². The van der Waals surface area contributed by atoms with Crippen LogP contribution in [0.5, 0.6) is 0 Å².